The summed E-state index contributed by atoms with van der Waals surface area (Å²) in [6, 6.07) is 0. The topological polar surface area (TPSA) is 60.4 Å². The number of allylic oxidation sites excluding steroid dienone is 2. The number of ether oxygens (including phenoxy) is 1. The van der Waals surface area contributed by atoms with Gasteiger partial charge in [-0.15, -0.1) is 0 Å². The summed E-state index contributed by atoms with van der Waals surface area (Å²) in [5.41, 5.74) is -2.94. The molecule has 1 aliphatic heterocycles. The number of rotatable bonds is 0. The van der Waals surface area contributed by atoms with E-state index in [1.807, 2.05) is 6.92 Å². The van der Waals surface area contributed by atoms with E-state index in [0.29, 0.717) is 38.5 Å². The largest absolute Gasteiger partial charge is 0.459 e. The fourth-order valence-electron chi connectivity index (χ4n) is 5.84. The number of ketones is 2. The molecule has 0 spiro atoms. The highest BCUT2D eigenvalue weighted by molar-refractivity contribution is 5.95. The Labute approximate surface area is 140 Å². The van der Waals surface area contributed by atoms with Crippen LogP contribution in [0.15, 0.2) is 11.6 Å². The summed E-state index contributed by atoms with van der Waals surface area (Å²) >= 11 is 0. The standard InChI is InChI=1S/C19H23FO4/c1-17-8-7-12(21)9-11(17)3-4-14-13-5-6-16(23)24-18(13,2)10-15(22)19(14,17)20/h9,13-14H,3-8,10H2,1-2H3/t13-,14+,17-,18-,19+/m1/s1. The fraction of sp³-hybridized carbons (Fsp3) is 0.737. The van der Waals surface area contributed by atoms with E-state index in [1.54, 1.807) is 13.0 Å². The van der Waals surface area contributed by atoms with Crippen LogP contribution < -0.4 is 0 Å². The molecule has 4 nitrogen and oxygen atoms in total. The Bertz CT molecular complexity index is 683. The third-order valence-electron chi connectivity index (χ3n) is 7.15. The molecule has 0 aromatic rings. The lowest BCUT2D eigenvalue weighted by Crippen LogP contribution is -2.68. The molecular formula is C19H23FO4. The second-order valence-corrected chi connectivity index (χ2v) is 8.36. The first-order valence-corrected chi connectivity index (χ1v) is 8.89. The molecule has 4 aliphatic rings. The highest BCUT2D eigenvalue weighted by Gasteiger charge is 2.70. The lowest BCUT2D eigenvalue weighted by molar-refractivity contribution is -0.210. The quantitative estimate of drug-likeness (QED) is 0.639. The molecule has 1 heterocycles. The monoisotopic (exact) mass is 334 g/mol. The van der Waals surface area contributed by atoms with Gasteiger partial charge < -0.3 is 4.74 Å². The molecule has 0 aromatic heterocycles. The van der Waals surface area contributed by atoms with E-state index in [2.05, 4.69) is 0 Å². The Hall–Kier alpha value is -1.52. The van der Waals surface area contributed by atoms with Gasteiger partial charge in [-0.1, -0.05) is 12.5 Å². The summed E-state index contributed by atoms with van der Waals surface area (Å²) < 4.78 is 22.0. The molecule has 2 saturated carbocycles. The molecular weight excluding hydrogens is 311 g/mol. The van der Waals surface area contributed by atoms with Gasteiger partial charge in [0, 0.05) is 36.5 Å². The van der Waals surface area contributed by atoms with Gasteiger partial charge in [0.2, 0.25) is 0 Å². The van der Waals surface area contributed by atoms with Crippen LogP contribution in [0.4, 0.5) is 4.39 Å². The van der Waals surface area contributed by atoms with Gasteiger partial charge in [-0.05, 0) is 38.7 Å². The van der Waals surface area contributed by atoms with Crippen LogP contribution in [0.25, 0.3) is 0 Å². The van der Waals surface area contributed by atoms with Gasteiger partial charge in [-0.3, -0.25) is 14.4 Å². The van der Waals surface area contributed by atoms with Gasteiger partial charge in [0.1, 0.15) is 5.60 Å². The maximum Gasteiger partial charge on any atom is 0.306 e. The number of fused-ring (bicyclic) bond motifs is 5. The third-order valence-corrected chi connectivity index (χ3v) is 7.15. The van der Waals surface area contributed by atoms with Crippen molar-refractivity contribution in [3.05, 3.63) is 11.6 Å². The van der Waals surface area contributed by atoms with Gasteiger partial charge >= 0.3 is 5.97 Å². The van der Waals surface area contributed by atoms with Crippen molar-refractivity contribution >= 4 is 17.5 Å². The van der Waals surface area contributed by atoms with E-state index in [4.69, 9.17) is 4.74 Å². The van der Waals surface area contributed by atoms with Crippen LogP contribution in [0.1, 0.15) is 58.8 Å². The van der Waals surface area contributed by atoms with Gasteiger partial charge in [0.05, 0.1) is 0 Å². The Morgan fingerprint density at radius 1 is 1.08 bits per heavy atom. The normalized spacial score (nSPS) is 48.0. The predicted octanol–water partition coefficient (Wildman–Crippen LogP) is 3.09. The molecule has 24 heavy (non-hydrogen) atoms. The van der Waals surface area contributed by atoms with Gasteiger partial charge in [0.25, 0.3) is 0 Å². The van der Waals surface area contributed by atoms with E-state index in [-0.39, 0.29) is 24.1 Å². The first kappa shape index (κ1) is 16.0. The predicted molar refractivity (Wildman–Crippen MR) is 83.8 cm³/mol. The van der Waals surface area contributed by atoms with Crippen LogP contribution in [-0.2, 0) is 19.1 Å². The van der Waals surface area contributed by atoms with Crippen LogP contribution in [0, 0.1) is 17.3 Å². The van der Waals surface area contributed by atoms with Crippen molar-refractivity contribution in [2.45, 2.75) is 70.1 Å². The van der Waals surface area contributed by atoms with Crippen molar-refractivity contribution in [1.29, 1.82) is 0 Å². The van der Waals surface area contributed by atoms with Gasteiger partial charge in [-0.25, -0.2) is 4.39 Å². The fourth-order valence-corrected chi connectivity index (χ4v) is 5.84. The summed E-state index contributed by atoms with van der Waals surface area (Å²) in [4.78, 5) is 36.5. The molecule has 0 N–H and O–H groups in total. The van der Waals surface area contributed by atoms with Crippen LogP contribution in [0.3, 0.4) is 0 Å². The Morgan fingerprint density at radius 2 is 1.79 bits per heavy atom. The minimum absolute atomic E-state index is 0.0317. The molecule has 5 heteroatoms. The SMILES string of the molecule is C[C@@]12CC(=O)[C@@]3(F)[C@@H](CCC4=CC(=O)CC[C@]43C)[C@H]1CCC(=O)O2. The number of hydrogen-bond acceptors (Lipinski definition) is 4. The molecule has 5 atom stereocenters. The maximum atomic E-state index is 16.5. The summed E-state index contributed by atoms with van der Waals surface area (Å²) in [6.07, 6.45) is 4.24. The molecule has 0 amide bonds. The van der Waals surface area contributed by atoms with Crippen molar-refractivity contribution in [3.8, 4) is 0 Å². The van der Waals surface area contributed by atoms with Crippen molar-refractivity contribution < 1.29 is 23.5 Å². The van der Waals surface area contributed by atoms with Crippen LogP contribution >= 0.6 is 0 Å². The zero-order valence-corrected chi connectivity index (χ0v) is 14.2. The number of carbonyl (C=O) groups is 3. The van der Waals surface area contributed by atoms with Crippen LogP contribution in [-0.4, -0.2) is 28.8 Å². The first-order valence-electron chi connectivity index (χ1n) is 8.89. The van der Waals surface area contributed by atoms with Gasteiger partial charge in [-0.2, -0.15) is 0 Å². The molecule has 0 radical (unpaired) electrons. The molecule has 1 saturated heterocycles. The number of Topliss-reactive ketones (excluding diaryl/α,β-unsaturated/α-hetero) is 1. The van der Waals surface area contributed by atoms with E-state index in [9.17, 15) is 14.4 Å². The summed E-state index contributed by atoms with van der Waals surface area (Å²) in [6.45, 7) is 3.59. The molecule has 3 aliphatic carbocycles. The molecule has 0 aromatic carbocycles. The van der Waals surface area contributed by atoms with Gasteiger partial charge in [0.15, 0.2) is 17.2 Å². The Balaban J connectivity index is 1.81. The summed E-state index contributed by atoms with van der Waals surface area (Å²) in [7, 11) is 0. The minimum atomic E-state index is -1.95. The van der Waals surface area contributed by atoms with Crippen LogP contribution in [0.5, 0.6) is 0 Å². The van der Waals surface area contributed by atoms with E-state index >= 15 is 4.39 Å². The summed E-state index contributed by atoms with van der Waals surface area (Å²) in [5.74, 6) is -1.28. The van der Waals surface area contributed by atoms with E-state index in [1.165, 1.54) is 0 Å². The van der Waals surface area contributed by atoms with Crippen molar-refractivity contribution in [1.82, 2.24) is 0 Å². The molecule has 0 unspecified atom stereocenters. The third kappa shape index (κ3) is 1.81. The number of halogens is 1. The Morgan fingerprint density at radius 3 is 2.54 bits per heavy atom. The average molecular weight is 334 g/mol. The molecule has 4 rings (SSSR count). The number of alkyl halides is 1. The molecule has 130 valence electrons. The number of esters is 1. The van der Waals surface area contributed by atoms with E-state index in [0.717, 1.165) is 5.57 Å². The molecule has 0 bridgehead atoms. The Kier molecular flexibility index (Phi) is 3.17. The maximum absolute atomic E-state index is 16.5. The van der Waals surface area contributed by atoms with Crippen LogP contribution in [0.2, 0.25) is 0 Å². The first-order chi connectivity index (χ1) is 11.2. The van der Waals surface area contributed by atoms with Crippen molar-refractivity contribution in [2.75, 3.05) is 0 Å². The highest BCUT2D eigenvalue weighted by atomic mass is 19.1. The second-order valence-electron chi connectivity index (χ2n) is 8.36. The lowest BCUT2D eigenvalue weighted by atomic mass is 9.46. The minimum Gasteiger partial charge on any atom is -0.459 e. The smallest absolute Gasteiger partial charge is 0.306 e. The zero-order chi connectivity index (χ0) is 17.3. The summed E-state index contributed by atoms with van der Waals surface area (Å²) in [5, 5.41) is 0. The zero-order valence-electron chi connectivity index (χ0n) is 14.2. The number of hydrogen-bond donors (Lipinski definition) is 0. The van der Waals surface area contributed by atoms with Crippen molar-refractivity contribution in [3.63, 3.8) is 0 Å². The second kappa shape index (κ2) is 4.77. The average Bonchev–Trinajstić information content (AvgIpc) is 2.49. The number of carbonyl (C=O) groups excluding carboxylic acids is 3. The van der Waals surface area contributed by atoms with E-state index < -0.39 is 28.4 Å². The highest BCUT2D eigenvalue weighted by Crippen LogP contribution is 2.64. The lowest BCUT2D eigenvalue weighted by Gasteiger charge is -2.60. The molecule has 3 fully saturated rings. The van der Waals surface area contributed by atoms with Crippen molar-refractivity contribution in [2.24, 2.45) is 17.3 Å².